The van der Waals surface area contributed by atoms with Crippen LogP contribution in [0.25, 0.3) is 0 Å². The topological polar surface area (TPSA) is 43.0 Å². The average molecular weight is 294 g/mol. The molecule has 1 fully saturated rings. The molecule has 0 aromatic heterocycles. The van der Waals surface area contributed by atoms with Gasteiger partial charge in [-0.1, -0.05) is 13.0 Å². The Balaban J connectivity index is 1.89. The number of ether oxygens (including phenoxy) is 3. The maximum Gasteiger partial charge on any atom is 0.127 e. The van der Waals surface area contributed by atoms with Crippen LogP contribution in [0, 0.1) is 0 Å². The first-order valence-corrected chi connectivity index (χ1v) is 7.64. The highest BCUT2D eigenvalue weighted by Gasteiger charge is 2.11. The van der Waals surface area contributed by atoms with E-state index in [9.17, 15) is 0 Å². The second-order valence-corrected chi connectivity index (χ2v) is 5.06. The fourth-order valence-electron chi connectivity index (χ4n) is 2.31. The van der Waals surface area contributed by atoms with E-state index < -0.39 is 0 Å². The van der Waals surface area contributed by atoms with Gasteiger partial charge in [-0.2, -0.15) is 0 Å². The number of morpholine rings is 1. The molecule has 0 radical (unpaired) electrons. The molecule has 2 rings (SSSR count). The Morgan fingerprint density at radius 1 is 1.29 bits per heavy atom. The van der Waals surface area contributed by atoms with Crippen molar-refractivity contribution in [3.8, 4) is 11.5 Å². The van der Waals surface area contributed by atoms with E-state index >= 15 is 0 Å². The van der Waals surface area contributed by atoms with E-state index in [0.717, 1.165) is 57.4 Å². The third-order valence-corrected chi connectivity index (χ3v) is 3.61. The van der Waals surface area contributed by atoms with Crippen molar-refractivity contribution in [2.45, 2.75) is 13.5 Å². The molecule has 0 atom stereocenters. The van der Waals surface area contributed by atoms with Crippen LogP contribution in [-0.4, -0.2) is 58.0 Å². The highest BCUT2D eigenvalue weighted by molar-refractivity contribution is 5.40. The number of methoxy groups -OCH3 is 1. The van der Waals surface area contributed by atoms with Gasteiger partial charge in [-0.25, -0.2) is 0 Å². The lowest BCUT2D eigenvalue weighted by molar-refractivity contribution is 0.0322. The Kier molecular flexibility index (Phi) is 6.79. The van der Waals surface area contributed by atoms with Crippen molar-refractivity contribution in [1.82, 2.24) is 10.2 Å². The molecule has 5 heteroatoms. The Labute approximate surface area is 127 Å². The van der Waals surface area contributed by atoms with E-state index in [1.807, 2.05) is 12.1 Å². The van der Waals surface area contributed by atoms with Gasteiger partial charge in [0, 0.05) is 37.8 Å². The summed E-state index contributed by atoms with van der Waals surface area (Å²) in [5.41, 5.74) is 1.17. The minimum atomic E-state index is 0.687. The minimum Gasteiger partial charge on any atom is -0.497 e. The number of benzene rings is 1. The van der Waals surface area contributed by atoms with Crippen molar-refractivity contribution in [2.24, 2.45) is 0 Å². The summed E-state index contributed by atoms with van der Waals surface area (Å²) < 4.78 is 16.6. The van der Waals surface area contributed by atoms with Crippen molar-refractivity contribution in [1.29, 1.82) is 0 Å². The van der Waals surface area contributed by atoms with Gasteiger partial charge in [-0.3, -0.25) is 4.90 Å². The van der Waals surface area contributed by atoms with Crippen LogP contribution in [-0.2, 0) is 11.3 Å². The van der Waals surface area contributed by atoms with Crippen molar-refractivity contribution in [3.63, 3.8) is 0 Å². The Bertz CT molecular complexity index is 420. The molecule has 0 bridgehead atoms. The highest BCUT2D eigenvalue weighted by Crippen LogP contribution is 2.24. The number of nitrogens with one attached hydrogen (secondary N) is 1. The molecule has 0 spiro atoms. The van der Waals surface area contributed by atoms with Crippen molar-refractivity contribution in [2.75, 3.05) is 53.1 Å². The quantitative estimate of drug-likeness (QED) is 0.787. The normalized spacial score (nSPS) is 15.9. The molecule has 1 aromatic rings. The molecule has 1 aromatic carbocycles. The molecule has 0 unspecified atom stereocenters. The van der Waals surface area contributed by atoms with Gasteiger partial charge < -0.3 is 19.5 Å². The van der Waals surface area contributed by atoms with Crippen LogP contribution in [0.1, 0.15) is 12.5 Å². The fourth-order valence-corrected chi connectivity index (χ4v) is 2.31. The van der Waals surface area contributed by atoms with E-state index in [0.29, 0.717) is 6.61 Å². The largest absolute Gasteiger partial charge is 0.497 e. The molecule has 0 amide bonds. The van der Waals surface area contributed by atoms with Gasteiger partial charge in [0.15, 0.2) is 0 Å². The molecule has 1 heterocycles. The molecule has 0 aliphatic carbocycles. The van der Waals surface area contributed by atoms with Crippen LogP contribution in [0.15, 0.2) is 18.2 Å². The second-order valence-electron chi connectivity index (χ2n) is 5.06. The van der Waals surface area contributed by atoms with Gasteiger partial charge >= 0.3 is 0 Å². The average Bonchev–Trinajstić information content (AvgIpc) is 2.54. The van der Waals surface area contributed by atoms with E-state index in [4.69, 9.17) is 14.2 Å². The zero-order valence-electron chi connectivity index (χ0n) is 13.1. The summed E-state index contributed by atoms with van der Waals surface area (Å²) in [4.78, 5) is 2.37. The maximum atomic E-state index is 5.98. The molecule has 21 heavy (non-hydrogen) atoms. The standard InChI is InChI=1S/C16H26N2O3/c1-3-17-13-14-4-5-15(19-2)12-16(14)21-11-8-18-6-9-20-10-7-18/h4-5,12,17H,3,6-11,13H2,1-2H3. The van der Waals surface area contributed by atoms with Crippen LogP contribution in [0.4, 0.5) is 0 Å². The molecule has 1 aliphatic heterocycles. The molecule has 1 saturated heterocycles. The minimum absolute atomic E-state index is 0.687. The zero-order chi connectivity index (χ0) is 14.9. The number of hydrogen-bond donors (Lipinski definition) is 1. The lowest BCUT2D eigenvalue weighted by atomic mass is 10.2. The lowest BCUT2D eigenvalue weighted by Gasteiger charge is -2.26. The van der Waals surface area contributed by atoms with Crippen molar-refractivity contribution in [3.05, 3.63) is 23.8 Å². The predicted molar refractivity (Wildman–Crippen MR) is 83.1 cm³/mol. The summed E-state index contributed by atoms with van der Waals surface area (Å²) >= 11 is 0. The summed E-state index contributed by atoms with van der Waals surface area (Å²) in [6.07, 6.45) is 0. The predicted octanol–water partition coefficient (Wildman–Crippen LogP) is 1.52. The number of rotatable bonds is 8. The molecule has 5 nitrogen and oxygen atoms in total. The highest BCUT2D eigenvalue weighted by atomic mass is 16.5. The molecule has 0 saturated carbocycles. The van der Waals surface area contributed by atoms with Gasteiger partial charge in [0.25, 0.3) is 0 Å². The van der Waals surface area contributed by atoms with E-state index in [-0.39, 0.29) is 0 Å². The summed E-state index contributed by atoms with van der Waals surface area (Å²) in [5, 5.41) is 3.33. The molecular formula is C16H26N2O3. The fraction of sp³-hybridized carbons (Fsp3) is 0.625. The monoisotopic (exact) mass is 294 g/mol. The van der Waals surface area contributed by atoms with E-state index in [2.05, 4.69) is 23.2 Å². The van der Waals surface area contributed by atoms with E-state index in [1.54, 1.807) is 7.11 Å². The molecular weight excluding hydrogens is 268 g/mol. The molecule has 1 N–H and O–H groups in total. The van der Waals surface area contributed by atoms with E-state index in [1.165, 1.54) is 5.56 Å². The first-order chi connectivity index (χ1) is 10.3. The van der Waals surface area contributed by atoms with Crippen LogP contribution >= 0.6 is 0 Å². The first kappa shape index (κ1) is 16.1. The van der Waals surface area contributed by atoms with Crippen molar-refractivity contribution >= 4 is 0 Å². The van der Waals surface area contributed by atoms with Crippen LogP contribution < -0.4 is 14.8 Å². The number of nitrogens with zero attached hydrogens (tertiary/aromatic N) is 1. The number of hydrogen-bond acceptors (Lipinski definition) is 5. The first-order valence-electron chi connectivity index (χ1n) is 7.64. The maximum absolute atomic E-state index is 5.98. The van der Waals surface area contributed by atoms with Gasteiger partial charge in [-0.15, -0.1) is 0 Å². The van der Waals surface area contributed by atoms with Gasteiger partial charge in [0.2, 0.25) is 0 Å². The summed E-state index contributed by atoms with van der Waals surface area (Å²) in [5.74, 6) is 1.74. The van der Waals surface area contributed by atoms with Gasteiger partial charge in [0.05, 0.1) is 20.3 Å². The molecule has 118 valence electrons. The summed E-state index contributed by atoms with van der Waals surface area (Å²) in [7, 11) is 1.68. The second kappa shape index (κ2) is 8.87. The lowest BCUT2D eigenvalue weighted by Crippen LogP contribution is -2.38. The Hall–Kier alpha value is -1.30. The Morgan fingerprint density at radius 3 is 2.81 bits per heavy atom. The van der Waals surface area contributed by atoms with Gasteiger partial charge in [-0.05, 0) is 12.6 Å². The summed E-state index contributed by atoms with van der Waals surface area (Å²) in [6.45, 7) is 9.11. The SMILES string of the molecule is CCNCc1ccc(OC)cc1OCCN1CCOCC1. The zero-order valence-corrected chi connectivity index (χ0v) is 13.1. The van der Waals surface area contributed by atoms with Gasteiger partial charge in [0.1, 0.15) is 18.1 Å². The summed E-state index contributed by atoms with van der Waals surface area (Å²) in [6, 6.07) is 6.00. The van der Waals surface area contributed by atoms with Crippen LogP contribution in [0.2, 0.25) is 0 Å². The Morgan fingerprint density at radius 2 is 2.10 bits per heavy atom. The molecule has 1 aliphatic rings. The smallest absolute Gasteiger partial charge is 0.127 e. The van der Waals surface area contributed by atoms with Crippen molar-refractivity contribution < 1.29 is 14.2 Å². The van der Waals surface area contributed by atoms with Crippen LogP contribution in [0.3, 0.4) is 0 Å². The third kappa shape index (κ3) is 5.19. The van der Waals surface area contributed by atoms with Crippen LogP contribution in [0.5, 0.6) is 11.5 Å². The third-order valence-electron chi connectivity index (χ3n) is 3.61.